The SMILES string of the molecule is Cc1ccnc(C[C@@H](C)N(C)C(=O)c2ccc(CSc3ncn[nH]3)o2)c1. The smallest absolute Gasteiger partial charge is 0.289 e. The topological polar surface area (TPSA) is 87.9 Å². The van der Waals surface area contributed by atoms with Gasteiger partial charge in [-0.3, -0.25) is 14.9 Å². The van der Waals surface area contributed by atoms with Crippen molar-refractivity contribution in [3.05, 3.63) is 59.6 Å². The lowest BCUT2D eigenvalue weighted by molar-refractivity contribution is 0.0709. The van der Waals surface area contributed by atoms with Gasteiger partial charge in [0.05, 0.1) is 5.75 Å². The second-order valence-electron chi connectivity index (χ2n) is 6.14. The second-order valence-corrected chi connectivity index (χ2v) is 7.10. The lowest BCUT2D eigenvalue weighted by Crippen LogP contribution is -2.36. The van der Waals surface area contributed by atoms with Crippen molar-refractivity contribution in [2.24, 2.45) is 0 Å². The third-order valence-electron chi connectivity index (χ3n) is 4.07. The zero-order valence-electron chi connectivity index (χ0n) is 15.0. The van der Waals surface area contributed by atoms with Crippen molar-refractivity contribution in [1.82, 2.24) is 25.1 Å². The molecule has 1 amide bonds. The molecular formula is C18H21N5O2S. The van der Waals surface area contributed by atoms with Crippen molar-refractivity contribution in [1.29, 1.82) is 0 Å². The Bertz CT molecular complexity index is 862. The van der Waals surface area contributed by atoms with Crippen LogP contribution < -0.4 is 0 Å². The number of nitrogens with one attached hydrogen (secondary N) is 1. The highest BCUT2D eigenvalue weighted by atomic mass is 32.2. The third kappa shape index (κ3) is 4.51. The lowest BCUT2D eigenvalue weighted by Gasteiger charge is -2.23. The van der Waals surface area contributed by atoms with Crippen LogP contribution in [0.5, 0.6) is 0 Å². The Hall–Kier alpha value is -2.61. The number of likely N-dealkylation sites (N-methyl/N-ethyl adjacent to an activating group) is 1. The number of aromatic amines is 1. The van der Waals surface area contributed by atoms with Gasteiger partial charge in [-0.15, -0.1) is 0 Å². The van der Waals surface area contributed by atoms with Crippen LogP contribution in [0.1, 0.15) is 34.5 Å². The lowest BCUT2D eigenvalue weighted by atomic mass is 10.1. The largest absolute Gasteiger partial charge is 0.455 e. The van der Waals surface area contributed by atoms with Gasteiger partial charge in [-0.1, -0.05) is 11.8 Å². The Kier molecular flexibility index (Phi) is 5.72. The van der Waals surface area contributed by atoms with Crippen molar-refractivity contribution in [3.63, 3.8) is 0 Å². The molecule has 8 heteroatoms. The van der Waals surface area contributed by atoms with Gasteiger partial charge in [0.25, 0.3) is 5.91 Å². The standard InChI is InChI=1S/C18H21N5O2S/c1-12-6-7-19-14(8-12)9-13(2)23(3)17(24)16-5-4-15(25-16)10-26-18-20-11-21-22-18/h4-8,11,13H,9-10H2,1-3H3,(H,20,21,22)/t13-/m1/s1. The number of furan rings is 1. The minimum atomic E-state index is -0.138. The zero-order valence-corrected chi connectivity index (χ0v) is 15.8. The number of aryl methyl sites for hydroxylation is 1. The first-order valence-electron chi connectivity index (χ1n) is 8.28. The summed E-state index contributed by atoms with van der Waals surface area (Å²) < 4.78 is 5.69. The number of carbonyl (C=O) groups excluding carboxylic acids is 1. The molecule has 0 fully saturated rings. The molecule has 0 saturated heterocycles. The number of carbonyl (C=O) groups is 1. The van der Waals surface area contributed by atoms with Crippen molar-refractivity contribution >= 4 is 17.7 Å². The number of nitrogens with zero attached hydrogens (tertiary/aromatic N) is 4. The summed E-state index contributed by atoms with van der Waals surface area (Å²) in [7, 11) is 1.79. The molecule has 0 radical (unpaired) electrons. The average Bonchev–Trinajstić information content (AvgIpc) is 3.30. The van der Waals surface area contributed by atoms with E-state index in [1.807, 2.05) is 32.0 Å². The van der Waals surface area contributed by atoms with E-state index in [1.165, 1.54) is 18.1 Å². The molecule has 3 rings (SSSR count). The van der Waals surface area contributed by atoms with Gasteiger partial charge in [-0.05, 0) is 43.7 Å². The Morgan fingerprint density at radius 3 is 2.92 bits per heavy atom. The minimum absolute atomic E-state index is 0.00826. The highest BCUT2D eigenvalue weighted by Crippen LogP contribution is 2.21. The number of amides is 1. The average molecular weight is 371 g/mol. The predicted octanol–water partition coefficient (Wildman–Crippen LogP) is 3.10. The van der Waals surface area contributed by atoms with Gasteiger partial charge in [0.2, 0.25) is 0 Å². The van der Waals surface area contributed by atoms with E-state index in [2.05, 4.69) is 20.2 Å². The number of rotatable bonds is 7. The van der Waals surface area contributed by atoms with Gasteiger partial charge < -0.3 is 9.32 Å². The highest BCUT2D eigenvalue weighted by Gasteiger charge is 2.21. The van der Waals surface area contributed by atoms with Crippen LogP contribution in [0.3, 0.4) is 0 Å². The molecule has 1 N–H and O–H groups in total. The summed E-state index contributed by atoms with van der Waals surface area (Å²) in [5.74, 6) is 1.50. The van der Waals surface area contributed by atoms with Crippen molar-refractivity contribution in [3.8, 4) is 0 Å². The van der Waals surface area contributed by atoms with E-state index in [9.17, 15) is 4.79 Å². The van der Waals surface area contributed by atoms with E-state index < -0.39 is 0 Å². The molecule has 0 aliphatic rings. The van der Waals surface area contributed by atoms with Gasteiger partial charge in [0, 0.05) is 31.4 Å². The Balaban J connectivity index is 1.59. The maximum absolute atomic E-state index is 12.7. The number of H-pyrrole nitrogens is 1. The molecule has 3 aromatic rings. The fourth-order valence-corrected chi connectivity index (χ4v) is 3.17. The van der Waals surface area contributed by atoms with Crippen molar-refractivity contribution in [2.75, 3.05) is 7.05 Å². The number of aromatic nitrogens is 4. The molecule has 0 unspecified atom stereocenters. The van der Waals surface area contributed by atoms with Crippen molar-refractivity contribution < 1.29 is 9.21 Å². The van der Waals surface area contributed by atoms with Crippen LogP contribution in [0.4, 0.5) is 0 Å². The van der Waals surface area contributed by atoms with Crippen LogP contribution in [-0.4, -0.2) is 44.1 Å². The quantitative estimate of drug-likeness (QED) is 0.642. The van der Waals surface area contributed by atoms with E-state index in [-0.39, 0.29) is 11.9 Å². The molecule has 0 bridgehead atoms. The van der Waals surface area contributed by atoms with E-state index in [0.29, 0.717) is 23.1 Å². The maximum atomic E-state index is 12.7. The molecule has 1 atom stereocenters. The molecule has 0 aliphatic carbocycles. The number of thioether (sulfide) groups is 1. The molecule has 0 aliphatic heterocycles. The summed E-state index contributed by atoms with van der Waals surface area (Å²) >= 11 is 1.47. The number of pyridine rings is 1. The predicted molar refractivity (Wildman–Crippen MR) is 98.9 cm³/mol. The summed E-state index contributed by atoms with van der Waals surface area (Å²) in [6.45, 7) is 4.04. The summed E-state index contributed by atoms with van der Waals surface area (Å²) in [5.41, 5.74) is 2.14. The fourth-order valence-electron chi connectivity index (χ4n) is 2.50. The van der Waals surface area contributed by atoms with Crippen LogP contribution in [0, 0.1) is 6.92 Å². The monoisotopic (exact) mass is 371 g/mol. The molecule has 136 valence electrons. The van der Waals surface area contributed by atoms with Crippen LogP contribution in [0.15, 0.2) is 46.4 Å². The number of hydrogen-bond acceptors (Lipinski definition) is 6. The van der Waals surface area contributed by atoms with Crippen LogP contribution in [0.2, 0.25) is 0 Å². The number of hydrogen-bond donors (Lipinski definition) is 1. The molecular weight excluding hydrogens is 350 g/mol. The normalized spacial score (nSPS) is 12.1. The van der Waals surface area contributed by atoms with E-state index in [1.54, 1.807) is 24.2 Å². The van der Waals surface area contributed by atoms with Crippen molar-refractivity contribution in [2.45, 2.75) is 37.2 Å². The first kappa shape index (κ1) is 18.2. The van der Waals surface area contributed by atoms with E-state index in [0.717, 1.165) is 17.0 Å². The van der Waals surface area contributed by atoms with Gasteiger partial charge in [-0.25, -0.2) is 4.98 Å². The van der Waals surface area contributed by atoms with E-state index >= 15 is 0 Å². The van der Waals surface area contributed by atoms with Gasteiger partial charge >= 0.3 is 0 Å². The Morgan fingerprint density at radius 1 is 1.35 bits per heavy atom. The van der Waals surface area contributed by atoms with Gasteiger partial charge in [0.15, 0.2) is 10.9 Å². The van der Waals surface area contributed by atoms with Crippen LogP contribution >= 0.6 is 11.8 Å². The van der Waals surface area contributed by atoms with Gasteiger partial charge in [-0.2, -0.15) is 5.10 Å². The summed E-state index contributed by atoms with van der Waals surface area (Å²) in [6, 6.07) is 7.54. The first-order valence-corrected chi connectivity index (χ1v) is 9.27. The molecule has 7 nitrogen and oxygen atoms in total. The second kappa shape index (κ2) is 8.18. The molecule has 0 aromatic carbocycles. The summed E-state index contributed by atoms with van der Waals surface area (Å²) in [6.07, 6.45) is 3.95. The molecule has 26 heavy (non-hydrogen) atoms. The molecule has 3 heterocycles. The Morgan fingerprint density at radius 2 is 2.19 bits per heavy atom. The molecule has 3 aromatic heterocycles. The minimum Gasteiger partial charge on any atom is -0.455 e. The van der Waals surface area contributed by atoms with Gasteiger partial charge in [0.1, 0.15) is 12.1 Å². The first-order chi connectivity index (χ1) is 12.5. The zero-order chi connectivity index (χ0) is 18.5. The fraction of sp³-hybridized carbons (Fsp3) is 0.333. The Labute approximate surface area is 156 Å². The third-order valence-corrected chi connectivity index (χ3v) is 4.97. The van der Waals surface area contributed by atoms with E-state index in [4.69, 9.17) is 4.42 Å². The van der Waals surface area contributed by atoms with Crippen LogP contribution in [-0.2, 0) is 12.2 Å². The summed E-state index contributed by atoms with van der Waals surface area (Å²) in [5, 5.41) is 7.29. The highest BCUT2D eigenvalue weighted by molar-refractivity contribution is 7.98. The maximum Gasteiger partial charge on any atom is 0.289 e. The van der Waals surface area contributed by atoms with Crippen LogP contribution in [0.25, 0.3) is 0 Å². The summed E-state index contributed by atoms with van der Waals surface area (Å²) in [4.78, 5) is 22.8. The molecule has 0 spiro atoms. The molecule has 0 saturated carbocycles.